The molecule has 3 rings (SSSR count). The Morgan fingerprint density at radius 3 is 2.94 bits per heavy atom. The second kappa shape index (κ2) is 4.33. The number of nitrogens with zero attached hydrogens (tertiary/aromatic N) is 3. The molecule has 3 heterocycles. The van der Waals surface area contributed by atoms with Gasteiger partial charge in [-0.1, -0.05) is 6.07 Å². The van der Waals surface area contributed by atoms with E-state index in [0.717, 1.165) is 28.7 Å². The van der Waals surface area contributed by atoms with Gasteiger partial charge < -0.3 is 5.32 Å². The molecule has 4 nitrogen and oxygen atoms in total. The van der Waals surface area contributed by atoms with Crippen LogP contribution in [0.4, 0.5) is 5.82 Å². The summed E-state index contributed by atoms with van der Waals surface area (Å²) >= 11 is 1.87. The Labute approximate surface area is 104 Å². The van der Waals surface area contributed by atoms with Crippen molar-refractivity contribution >= 4 is 17.6 Å². The molecular formula is C12H12N4S. The van der Waals surface area contributed by atoms with Crippen LogP contribution in [0.25, 0.3) is 11.5 Å². The van der Waals surface area contributed by atoms with E-state index in [1.807, 2.05) is 37.0 Å². The molecule has 17 heavy (non-hydrogen) atoms. The van der Waals surface area contributed by atoms with Gasteiger partial charge in [0.1, 0.15) is 11.5 Å². The topological polar surface area (TPSA) is 50.7 Å². The van der Waals surface area contributed by atoms with Crippen molar-refractivity contribution in [1.82, 2.24) is 15.0 Å². The summed E-state index contributed by atoms with van der Waals surface area (Å²) in [7, 11) is 1.90. The first-order chi connectivity index (χ1) is 8.38. The molecule has 1 aliphatic heterocycles. The monoisotopic (exact) mass is 244 g/mol. The summed E-state index contributed by atoms with van der Waals surface area (Å²) in [6, 6.07) is 5.78. The molecule has 2 aromatic heterocycles. The van der Waals surface area contributed by atoms with Crippen LogP contribution in [0.15, 0.2) is 24.4 Å². The van der Waals surface area contributed by atoms with Crippen LogP contribution in [0.2, 0.25) is 0 Å². The van der Waals surface area contributed by atoms with E-state index >= 15 is 0 Å². The molecule has 86 valence electrons. The van der Waals surface area contributed by atoms with Gasteiger partial charge in [-0.05, 0) is 12.1 Å². The van der Waals surface area contributed by atoms with E-state index in [0.29, 0.717) is 5.82 Å². The van der Waals surface area contributed by atoms with Crippen LogP contribution in [0, 0.1) is 0 Å². The van der Waals surface area contributed by atoms with Gasteiger partial charge in [-0.25, -0.2) is 9.97 Å². The molecule has 0 aliphatic carbocycles. The second-order valence-electron chi connectivity index (χ2n) is 3.78. The maximum absolute atomic E-state index is 4.60. The third kappa shape index (κ3) is 1.86. The third-order valence-electron chi connectivity index (χ3n) is 2.71. The summed E-state index contributed by atoms with van der Waals surface area (Å²) in [6.45, 7) is 0. The quantitative estimate of drug-likeness (QED) is 0.878. The second-order valence-corrected chi connectivity index (χ2v) is 4.76. The molecule has 0 atom stereocenters. The summed E-state index contributed by atoms with van der Waals surface area (Å²) in [4.78, 5) is 13.4. The third-order valence-corrected chi connectivity index (χ3v) is 3.68. The highest BCUT2D eigenvalue weighted by Crippen LogP contribution is 2.33. The summed E-state index contributed by atoms with van der Waals surface area (Å²) in [6.07, 6.45) is 1.76. The van der Waals surface area contributed by atoms with E-state index < -0.39 is 0 Å². The molecule has 0 saturated heterocycles. The van der Waals surface area contributed by atoms with E-state index in [1.165, 1.54) is 5.56 Å². The molecule has 5 heteroatoms. The lowest BCUT2D eigenvalue weighted by Gasteiger charge is -2.08. The number of aromatic nitrogens is 3. The van der Waals surface area contributed by atoms with Crippen LogP contribution in [0.3, 0.4) is 0 Å². The van der Waals surface area contributed by atoms with E-state index in [4.69, 9.17) is 0 Å². The van der Waals surface area contributed by atoms with E-state index in [1.54, 1.807) is 6.20 Å². The number of hydrogen-bond acceptors (Lipinski definition) is 5. The predicted octanol–water partition coefficient (Wildman–Crippen LogP) is 2.33. The molecular weight excluding hydrogens is 232 g/mol. The normalized spacial score (nSPS) is 13.5. The molecule has 0 fully saturated rings. The van der Waals surface area contributed by atoms with Crippen molar-refractivity contribution in [3.63, 3.8) is 0 Å². The average Bonchev–Trinajstić information content (AvgIpc) is 2.86. The van der Waals surface area contributed by atoms with Crippen molar-refractivity contribution < 1.29 is 0 Å². The number of anilines is 1. The van der Waals surface area contributed by atoms with Gasteiger partial charge in [0.05, 0.1) is 5.69 Å². The summed E-state index contributed by atoms with van der Waals surface area (Å²) < 4.78 is 0. The Hall–Kier alpha value is -1.62. The average molecular weight is 244 g/mol. The first-order valence-electron chi connectivity index (χ1n) is 5.45. The lowest BCUT2D eigenvalue weighted by Crippen LogP contribution is -2.03. The van der Waals surface area contributed by atoms with Crippen LogP contribution in [0.5, 0.6) is 0 Å². The Morgan fingerprint density at radius 2 is 2.18 bits per heavy atom. The highest BCUT2D eigenvalue weighted by molar-refractivity contribution is 7.98. The largest absolute Gasteiger partial charge is 0.373 e. The highest BCUT2D eigenvalue weighted by atomic mass is 32.2. The summed E-state index contributed by atoms with van der Waals surface area (Å²) in [5.41, 5.74) is 3.19. The van der Waals surface area contributed by atoms with Crippen LogP contribution < -0.4 is 5.32 Å². The van der Waals surface area contributed by atoms with Crippen molar-refractivity contribution in [3.05, 3.63) is 35.7 Å². The minimum Gasteiger partial charge on any atom is -0.373 e. The fourth-order valence-corrected chi connectivity index (χ4v) is 2.91. The predicted molar refractivity (Wildman–Crippen MR) is 69.8 cm³/mol. The zero-order chi connectivity index (χ0) is 11.7. The van der Waals surface area contributed by atoms with Gasteiger partial charge >= 0.3 is 0 Å². The van der Waals surface area contributed by atoms with E-state index in [2.05, 4.69) is 20.3 Å². The molecule has 0 bridgehead atoms. The van der Waals surface area contributed by atoms with Crippen molar-refractivity contribution in [3.8, 4) is 11.5 Å². The Balaban J connectivity index is 2.13. The number of thioether (sulfide) groups is 1. The van der Waals surface area contributed by atoms with Crippen LogP contribution in [-0.4, -0.2) is 22.0 Å². The smallest absolute Gasteiger partial charge is 0.180 e. The fourth-order valence-electron chi connectivity index (χ4n) is 1.87. The number of nitrogens with one attached hydrogen (secondary N) is 1. The maximum Gasteiger partial charge on any atom is 0.180 e. The van der Waals surface area contributed by atoms with Gasteiger partial charge in [0.15, 0.2) is 5.82 Å². The lowest BCUT2D eigenvalue weighted by atomic mass is 10.2. The Kier molecular flexibility index (Phi) is 2.68. The zero-order valence-electron chi connectivity index (χ0n) is 9.47. The summed E-state index contributed by atoms with van der Waals surface area (Å²) in [5, 5.41) is 3.15. The van der Waals surface area contributed by atoms with Crippen molar-refractivity contribution in [2.45, 2.75) is 11.5 Å². The molecule has 1 N–H and O–H groups in total. The molecule has 0 spiro atoms. The number of hydrogen-bond donors (Lipinski definition) is 1. The van der Waals surface area contributed by atoms with Crippen molar-refractivity contribution in [2.24, 2.45) is 0 Å². The minimum atomic E-state index is 0.705. The molecule has 2 aromatic rings. The lowest BCUT2D eigenvalue weighted by molar-refractivity contribution is 1.06. The van der Waals surface area contributed by atoms with E-state index in [-0.39, 0.29) is 0 Å². The molecule has 0 unspecified atom stereocenters. The SMILES string of the molecule is CNc1nc(-c2ccccn2)nc2c1CSC2. The fraction of sp³-hybridized carbons (Fsp3) is 0.250. The van der Waals surface area contributed by atoms with Gasteiger partial charge in [-0.2, -0.15) is 11.8 Å². The van der Waals surface area contributed by atoms with Gasteiger partial charge in [0, 0.05) is 30.3 Å². The standard InChI is InChI=1S/C12H12N4S/c1-13-11-8-6-17-7-10(8)15-12(16-11)9-4-2-3-5-14-9/h2-5H,6-7H2,1H3,(H,13,15,16). The number of fused-ring (bicyclic) bond motifs is 1. The van der Waals surface area contributed by atoms with Gasteiger partial charge in [0.2, 0.25) is 0 Å². The van der Waals surface area contributed by atoms with Crippen LogP contribution >= 0.6 is 11.8 Å². The Bertz CT molecular complexity index is 542. The first-order valence-corrected chi connectivity index (χ1v) is 6.60. The maximum atomic E-state index is 4.60. The zero-order valence-corrected chi connectivity index (χ0v) is 10.3. The first kappa shape index (κ1) is 10.5. The van der Waals surface area contributed by atoms with E-state index in [9.17, 15) is 0 Å². The number of rotatable bonds is 2. The van der Waals surface area contributed by atoms with Gasteiger partial charge in [0.25, 0.3) is 0 Å². The minimum absolute atomic E-state index is 0.705. The Morgan fingerprint density at radius 1 is 1.24 bits per heavy atom. The molecule has 1 aliphatic rings. The molecule has 0 aromatic carbocycles. The highest BCUT2D eigenvalue weighted by Gasteiger charge is 2.19. The van der Waals surface area contributed by atoms with Crippen molar-refractivity contribution in [1.29, 1.82) is 0 Å². The number of pyridine rings is 1. The van der Waals surface area contributed by atoms with Crippen LogP contribution in [-0.2, 0) is 11.5 Å². The molecule has 0 saturated carbocycles. The van der Waals surface area contributed by atoms with Gasteiger partial charge in [-0.3, -0.25) is 4.98 Å². The summed E-state index contributed by atoms with van der Waals surface area (Å²) in [5.74, 6) is 3.59. The van der Waals surface area contributed by atoms with Crippen LogP contribution in [0.1, 0.15) is 11.3 Å². The van der Waals surface area contributed by atoms with Gasteiger partial charge in [-0.15, -0.1) is 0 Å². The molecule has 0 amide bonds. The van der Waals surface area contributed by atoms with Crippen molar-refractivity contribution in [2.75, 3.05) is 12.4 Å². The molecule has 0 radical (unpaired) electrons.